The van der Waals surface area contributed by atoms with Gasteiger partial charge in [0.05, 0.1) is 30.8 Å². The number of Topliss-reactive ketones (excluding diaryl/α,β-unsaturated/α-hetero) is 1. The van der Waals surface area contributed by atoms with E-state index in [2.05, 4.69) is 0 Å². The molecule has 2 aliphatic heterocycles. The largest absolute Gasteiger partial charge is 0.375 e. The van der Waals surface area contributed by atoms with Crippen molar-refractivity contribution < 1.29 is 32.2 Å². The molecule has 0 bridgehead atoms. The lowest BCUT2D eigenvalue weighted by Gasteiger charge is -2.44. The zero-order valence-electron chi connectivity index (χ0n) is 20.7. The highest BCUT2D eigenvalue weighted by molar-refractivity contribution is 7.94. The summed E-state index contributed by atoms with van der Waals surface area (Å²) in [7, 11) is -2.96. The number of sulfone groups is 1. The molecule has 2 fully saturated rings. The Morgan fingerprint density at radius 3 is 2.33 bits per heavy atom. The van der Waals surface area contributed by atoms with Crippen LogP contribution in [0.1, 0.15) is 30.9 Å². The number of hydrogen-bond donors (Lipinski definition) is 0. The first-order valence-electron chi connectivity index (χ1n) is 11.8. The van der Waals surface area contributed by atoms with Crippen molar-refractivity contribution in [3.8, 4) is 0 Å². The Bertz CT molecular complexity index is 1230. The van der Waals surface area contributed by atoms with Gasteiger partial charge in [-0.2, -0.15) is 0 Å². The number of carbonyl (C=O) groups is 2. The van der Waals surface area contributed by atoms with E-state index in [1.807, 2.05) is 37.3 Å². The van der Waals surface area contributed by atoms with Crippen LogP contribution in [-0.4, -0.2) is 62.5 Å². The summed E-state index contributed by atoms with van der Waals surface area (Å²) >= 11 is 0. The number of methoxy groups -OCH3 is 1. The molecular formula is C27H31NO7S. The summed E-state index contributed by atoms with van der Waals surface area (Å²) in [4.78, 5) is 28.7. The molecular weight excluding hydrogens is 482 g/mol. The van der Waals surface area contributed by atoms with Gasteiger partial charge in [-0.25, -0.2) is 8.42 Å². The lowest BCUT2D eigenvalue weighted by molar-refractivity contribution is -0.143. The van der Waals surface area contributed by atoms with Crippen LogP contribution < -0.4 is 0 Å². The fraction of sp³-hybridized carbons (Fsp3) is 0.407. The van der Waals surface area contributed by atoms with Gasteiger partial charge in [-0.05, 0) is 31.5 Å². The van der Waals surface area contributed by atoms with Gasteiger partial charge >= 0.3 is 0 Å². The van der Waals surface area contributed by atoms with Gasteiger partial charge in [0.25, 0.3) is 5.91 Å². The second kappa shape index (κ2) is 10.6. The van der Waals surface area contributed by atoms with Crippen LogP contribution in [0.25, 0.3) is 0 Å². The molecule has 0 aliphatic carbocycles. The molecule has 2 atom stereocenters. The Morgan fingerprint density at radius 1 is 1.11 bits per heavy atom. The summed E-state index contributed by atoms with van der Waals surface area (Å²) in [5, 5.41) is 0. The first-order valence-corrected chi connectivity index (χ1v) is 13.3. The fourth-order valence-electron chi connectivity index (χ4n) is 4.72. The van der Waals surface area contributed by atoms with Crippen molar-refractivity contribution in [2.75, 3.05) is 20.3 Å². The molecule has 2 heterocycles. The van der Waals surface area contributed by atoms with Crippen molar-refractivity contribution in [1.29, 1.82) is 0 Å². The number of ether oxygens (including phenoxy) is 3. The Labute approximate surface area is 211 Å². The van der Waals surface area contributed by atoms with E-state index in [4.69, 9.17) is 14.2 Å². The molecule has 36 heavy (non-hydrogen) atoms. The first kappa shape index (κ1) is 26.2. The van der Waals surface area contributed by atoms with E-state index in [0.717, 1.165) is 18.1 Å². The molecule has 2 aromatic carbocycles. The van der Waals surface area contributed by atoms with Crippen molar-refractivity contribution in [3.05, 3.63) is 77.5 Å². The van der Waals surface area contributed by atoms with Crippen LogP contribution in [0.3, 0.4) is 0 Å². The number of amides is 1. The third-order valence-electron chi connectivity index (χ3n) is 6.74. The van der Waals surface area contributed by atoms with Gasteiger partial charge < -0.3 is 19.1 Å². The predicted octanol–water partition coefficient (Wildman–Crippen LogP) is 3.19. The normalized spacial score (nSPS) is 24.4. The third kappa shape index (κ3) is 4.76. The van der Waals surface area contributed by atoms with E-state index in [9.17, 15) is 18.0 Å². The molecule has 0 spiro atoms. The molecule has 2 aliphatic rings. The molecule has 1 amide bonds. The summed E-state index contributed by atoms with van der Waals surface area (Å²) in [5.41, 5.74) is 2.14. The lowest BCUT2D eigenvalue weighted by atomic mass is 9.87. The molecule has 2 aromatic rings. The van der Waals surface area contributed by atoms with Gasteiger partial charge in [0.15, 0.2) is 21.9 Å². The standard InChI is InChI=1S/C27H31NO7S/c1-19-9-11-22(12-10-19)36(31,32)27(20(2)29)17-24(33-3)23(13-14-25-34-15-16-35-25)28(26(27)30)18-21-7-5-4-6-8-21/h4-13,24-25H,14-18H2,1-3H3/b23-13+/t24-,27+/m0/s1. The lowest BCUT2D eigenvalue weighted by Crippen LogP contribution is -2.64. The number of rotatable bonds is 8. The average molecular weight is 514 g/mol. The summed E-state index contributed by atoms with van der Waals surface area (Å²) in [6.07, 6.45) is 0.535. The molecule has 0 saturated carbocycles. The minimum Gasteiger partial charge on any atom is -0.375 e. The first-order chi connectivity index (χ1) is 17.2. The summed E-state index contributed by atoms with van der Waals surface area (Å²) in [5.74, 6) is -1.53. The number of likely N-dealkylation sites (tertiary alicyclic amines) is 1. The van der Waals surface area contributed by atoms with Crippen molar-refractivity contribution in [1.82, 2.24) is 4.90 Å². The van der Waals surface area contributed by atoms with Crippen LogP contribution in [0.2, 0.25) is 0 Å². The second-order valence-electron chi connectivity index (χ2n) is 9.04. The highest BCUT2D eigenvalue weighted by Gasteiger charge is 2.62. The number of carbonyl (C=O) groups excluding carboxylic acids is 2. The Morgan fingerprint density at radius 2 is 1.75 bits per heavy atom. The van der Waals surface area contributed by atoms with Crippen molar-refractivity contribution in [2.24, 2.45) is 0 Å². The van der Waals surface area contributed by atoms with Crippen molar-refractivity contribution in [3.63, 3.8) is 0 Å². The maximum Gasteiger partial charge on any atom is 0.256 e. The van der Waals surface area contributed by atoms with Crippen LogP contribution in [0.15, 0.2) is 71.3 Å². The molecule has 0 aromatic heterocycles. The van der Waals surface area contributed by atoms with Crippen LogP contribution in [0.5, 0.6) is 0 Å². The molecule has 0 radical (unpaired) electrons. The minimum atomic E-state index is -4.41. The van der Waals surface area contributed by atoms with Crippen LogP contribution >= 0.6 is 0 Å². The van der Waals surface area contributed by atoms with Gasteiger partial charge in [0, 0.05) is 25.6 Å². The average Bonchev–Trinajstić information content (AvgIpc) is 3.38. The number of nitrogens with zero attached hydrogens (tertiary/aromatic N) is 1. The van der Waals surface area contributed by atoms with E-state index in [-0.39, 0.29) is 17.9 Å². The molecule has 0 N–H and O–H groups in total. The number of aryl methyl sites for hydroxylation is 1. The maximum absolute atomic E-state index is 14.2. The van der Waals surface area contributed by atoms with Gasteiger partial charge in [-0.1, -0.05) is 54.1 Å². The van der Waals surface area contributed by atoms with Crippen LogP contribution in [-0.2, 0) is 40.2 Å². The quantitative estimate of drug-likeness (QED) is 0.500. The Kier molecular flexibility index (Phi) is 7.75. The third-order valence-corrected chi connectivity index (χ3v) is 9.18. The highest BCUT2D eigenvalue weighted by atomic mass is 32.2. The predicted molar refractivity (Wildman–Crippen MR) is 133 cm³/mol. The zero-order valence-corrected chi connectivity index (χ0v) is 21.5. The molecule has 9 heteroatoms. The molecule has 2 saturated heterocycles. The molecule has 192 valence electrons. The number of piperidine rings is 1. The topological polar surface area (TPSA) is 99.2 Å². The Balaban J connectivity index is 1.84. The van der Waals surface area contributed by atoms with Crippen molar-refractivity contribution >= 4 is 21.5 Å². The Hall–Kier alpha value is -2.85. The number of benzene rings is 2. The summed E-state index contributed by atoms with van der Waals surface area (Å²) in [6.45, 7) is 4.04. The van der Waals surface area contributed by atoms with Gasteiger partial charge in [0.2, 0.25) is 4.75 Å². The van der Waals surface area contributed by atoms with Crippen LogP contribution in [0.4, 0.5) is 0 Å². The van der Waals surface area contributed by atoms with Gasteiger partial charge in [-0.3, -0.25) is 9.59 Å². The van der Waals surface area contributed by atoms with E-state index in [1.165, 1.54) is 24.1 Å². The monoisotopic (exact) mass is 513 g/mol. The maximum atomic E-state index is 14.2. The smallest absolute Gasteiger partial charge is 0.256 e. The van der Waals surface area contributed by atoms with E-state index in [1.54, 1.807) is 18.2 Å². The molecule has 8 nitrogen and oxygen atoms in total. The van der Waals surface area contributed by atoms with E-state index in [0.29, 0.717) is 25.3 Å². The van der Waals surface area contributed by atoms with Crippen LogP contribution in [0, 0.1) is 6.92 Å². The van der Waals surface area contributed by atoms with E-state index < -0.39 is 38.7 Å². The molecule has 4 rings (SSSR count). The fourth-order valence-corrected chi connectivity index (χ4v) is 6.71. The van der Waals surface area contributed by atoms with Crippen molar-refractivity contribution in [2.45, 2.75) is 55.3 Å². The zero-order chi connectivity index (χ0) is 25.9. The minimum absolute atomic E-state index is 0.0775. The number of hydrogen-bond acceptors (Lipinski definition) is 7. The van der Waals surface area contributed by atoms with E-state index >= 15 is 0 Å². The second-order valence-corrected chi connectivity index (χ2v) is 11.2. The summed E-state index contributed by atoms with van der Waals surface area (Å²) in [6, 6.07) is 15.4. The highest BCUT2D eigenvalue weighted by Crippen LogP contribution is 2.41. The molecule has 0 unspecified atom stereocenters. The van der Waals surface area contributed by atoms with Gasteiger partial charge in [0.1, 0.15) is 0 Å². The summed E-state index contributed by atoms with van der Waals surface area (Å²) < 4.78 is 42.5. The number of ketones is 1. The SMILES string of the molecule is CO[C@H]1C[C@](C(C)=O)(S(=O)(=O)c2ccc(C)cc2)C(=O)N(Cc2ccccc2)/C1=C/CC1OCCO1. The van der Waals surface area contributed by atoms with Gasteiger partial charge in [-0.15, -0.1) is 0 Å².